The number of hydrogen-bond donors (Lipinski definition) is 2. The van der Waals surface area contributed by atoms with Crippen LogP contribution < -0.4 is 11.1 Å². The van der Waals surface area contributed by atoms with Crippen molar-refractivity contribution < 1.29 is 9.59 Å². The SMILES string of the molecule is CCC(C)(N)C(=O)N1CCC(CNC(C)=O)CC1. The Morgan fingerprint density at radius 3 is 2.39 bits per heavy atom. The fourth-order valence-electron chi connectivity index (χ4n) is 2.14. The highest BCUT2D eigenvalue weighted by molar-refractivity contribution is 5.85. The molecule has 1 aliphatic rings. The summed E-state index contributed by atoms with van der Waals surface area (Å²) in [7, 11) is 0. The molecule has 1 saturated heterocycles. The molecule has 0 aliphatic carbocycles. The predicted octanol–water partition coefficient (Wildman–Crippen LogP) is 0.489. The first-order valence-corrected chi connectivity index (χ1v) is 6.69. The molecule has 0 saturated carbocycles. The molecule has 104 valence electrons. The van der Waals surface area contributed by atoms with Crippen LogP contribution in [0.4, 0.5) is 0 Å². The number of rotatable bonds is 4. The monoisotopic (exact) mass is 255 g/mol. The van der Waals surface area contributed by atoms with Gasteiger partial charge >= 0.3 is 0 Å². The lowest BCUT2D eigenvalue weighted by molar-refractivity contribution is -0.138. The quantitative estimate of drug-likeness (QED) is 0.767. The van der Waals surface area contributed by atoms with Crippen LogP contribution in [-0.2, 0) is 9.59 Å². The summed E-state index contributed by atoms with van der Waals surface area (Å²) in [5.74, 6) is 0.528. The standard InChI is InChI=1S/C13H25N3O2/c1-4-13(3,14)12(18)16-7-5-11(6-8-16)9-15-10(2)17/h11H,4-9,14H2,1-3H3,(H,15,17). The fraction of sp³-hybridized carbons (Fsp3) is 0.846. The topological polar surface area (TPSA) is 75.4 Å². The minimum absolute atomic E-state index is 0.00835. The number of nitrogens with one attached hydrogen (secondary N) is 1. The predicted molar refractivity (Wildman–Crippen MR) is 70.9 cm³/mol. The maximum absolute atomic E-state index is 12.2. The van der Waals surface area contributed by atoms with Crippen molar-refractivity contribution in [3.8, 4) is 0 Å². The molecule has 1 aliphatic heterocycles. The lowest BCUT2D eigenvalue weighted by Gasteiger charge is -2.36. The van der Waals surface area contributed by atoms with Crippen molar-refractivity contribution in [2.75, 3.05) is 19.6 Å². The van der Waals surface area contributed by atoms with Gasteiger partial charge in [-0.2, -0.15) is 0 Å². The number of carbonyl (C=O) groups excluding carboxylic acids is 2. The summed E-state index contributed by atoms with van der Waals surface area (Å²) < 4.78 is 0. The molecule has 1 heterocycles. The van der Waals surface area contributed by atoms with Gasteiger partial charge in [-0.1, -0.05) is 6.92 Å². The number of nitrogens with two attached hydrogens (primary N) is 1. The van der Waals surface area contributed by atoms with E-state index in [1.165, 1.54) is 6.92 Å². The van der Waals surface area contributed by atoms with Crippen LogP contribution in [0.3, 0.4) is 0 Å². The number of piperidine rings is 1. The number of hydrogen-bond acceptors (Lipinski definition) is 3. The summed E-state index contributed by atoms with van der Waals surface area (Å²) in [5, 5.41) is 2.83. The van der Waals surface area contributed by atoms with Crippen molar-refractivity contribution >= 4 is 11.8 Å². The number of amides is 2. The van der Waals surface area contributed by atoms with Gasteiger partial charge in [0.2, 0.25) is 11.8 Å². The minimum atomic E-state index is -0.746. The Bertz CT molecular complexity index is 307. The second-order valence-electron chi connectivity index (χ2n) is 5.44. The van der Waals surface area contributed by atoms with Gasteiger partial charge in [0.05, 0.1) is 5.54 Å². The highest BCUT2D eigenvalue weighted by atomic mass is 16.2. The Morgan fingerprint density at radius 2 is 1.94 bits per heavy atom. The summed E-state index contributed by atoms with van der Waals surface area (Å²) in [6.07, 6.45) is 2.52. The third-order valence-corrected chi connectivity index (χ3v) is 3.76. The van der Waals surface area contributed by atoms with E-state index < -0.39 is 5.54 Å². The van der Waals surface area contributed by atoms with Gasteiger partial charge in [-0.15, -0.1) is 0 Å². The first kappa shape index (κ1) is 15.0. The largest absolute Gasteiger partial charge is 0.356 e. The zero-order valence-electron chi connectivity index (χ0n) is 11.7. The molecule has 0 spiro atoms. The molecule has 1 unspecified atom stereocenters. The van der Waals surface area contributed by atoms with Crippen molar-refractivity contribution in [2.45, 2.75) is 45.6 Å². The highest BCUT2D eigenvalue weighted by Gasteiger charge is 2.32. The Balaban J connectivity index is 2.39. The second kappa shape index (κ2) is 6.18. The number of nitrogens with zero attached hydrogens (tertiary/aromatic N) is 1. The van der Waals surface area contributed by atoms with Gasteiger partial charge in [-0.25, -0.2) is 0 Å². The summed E-state index contributed by atoms with van der Waals surface area (Å²) >= 11 is 0. The van der Waals surface area contributed by atoms with E-state index in [-0.39, 0.29) is 11.8 Å². The molecule has 1 atom stereocenters. The van der Waals surface area contributed by atoms with Crippen LogP contribution in [0.25, 0.3) is 0 Å². The van der Waals surface area contributed by atoms with Crippen molar-refractivity contribution in [3.05, 3.63) is 0 Å². The van der Waals surface area contributed by atoms with Crippen LogP contribution in [0, 0.1) is 5.92 Å². The van der Waals surface area contributed by atoms with E-state index in [0.29, 0.717) is 18.9 Å². The molecule has 1 fully saturated rings. The van der Waals surface area contributed by atoms with Gasteiger partial charge in [0, 0.05) is 26.6 Å². The van der Waals surface area contributed by atoms with E-state index in [0.717, 1.165) is 25.9 Å². The first-order chi connectivity index (χ1) is 8.36. The Labute approximate surface area is 109 Å². The average molecular weight is 255 g/mol. The maximum Gasteiger partial charge on any atom is 0.242 e. The van der Waals surface area contributed by atoms with E-state index >= 15 is 0 Å². The van der Waals surface area contributed by atoms with Gasteiger partial charge in [-0.3, -0.25) is 9.59 Å². The van der Waals surface area contributed by atoms with Crippen LogP contribution in [0.15, 0.2) is 0 Å². The minimum Gasteiger partial charge on any atom is -0.356 e. The summed E-state index contributed by atoms with van der Waals surface area (Å²) in [4.78, 5) is 24.8. The molecular weight excluding hydrogens is 230 g/mol. The molecule has 5 heteroatoms. The number of likely N-dealkylation sites (tertiary alicyclic amines) is 1. The van der Waals surface area contributed by atoms with Crippen molar-refractivity contribution in [2.24, 2.45) is 11.7 Å². The molecule has 0 aromatic carbocycles. The van der Waals surface area contributed by atoms with Gasteiger partial charge in [0.25, 0.3) is 0 Å². The molecule has 0 aromatic rings. The van der Waals surface area contributed by atoms with E-state index in [1.54, 1.807) is 6.92 Å². The summed E-state index contributed by atoms with van der Waals surface area (Å²) in [6.45, 7) is 7.46. The van der Waals surface area contributed by atoms with Crippen molar-refractivity contribution in [1.29, 1.82) is 0 Å². The molecule has 18 heavy (non-hydrogen) atoms. The first-order valence-electron chi connectivity index (χ1n) is 6.69. The van der Waals surface area contributed by atoms with Gasteiger partial charge < -0.3 is 16.0 Å². The zero-order valence-corrected chi connectivity index (χ0v) is 11.7. The van der Waals surface area contributed by atoms with Gasteiger partial charge in [0.15, 0.2) is 0 Å². The molecule has 3 N–H and O–H groups in total. The smallest absolute Gasteiger partial charge is 0.242 e. The van der Waals surface area contributed by atoms with Gasteiger partial charge in [-0.05, 0) is 32.1 Å². The van der Waals surface area contributed by atoms with Crippen LogP contribution in [0.5, 0.6) is 0 Å². The van der Waals surface area contributed by atoms with E-state index in [9.17, 15) is 9.59 Å². The fourth-order valence-corrected chi connectivity index (χ4v) is 2.14. The van der Waals surface area contributed by atoms with Crippen molar-refractivity contribution in [1.82, 2.24) is 10.2 Å². The van der Waals surface area contributed by atoms with Crippen LogP contribution in [0.2, 0.25) is 0 Å². The molecule has 0 radical (unpaired) electrons. The van der Waals surface area contributed by atoms with Crippen LogP contribution in [-0.4, -0.2) is 41.9 Å². The lowest BCUT2D eigenvalue weighted by Crippen LogP contribution is -2.55. The summed E-state index contributed by atoms with van der Waals surface area (Å²) in [5.41, 5.74) is 5.23. The second-order valence-corrected chi connectivity index (χ2v) is 5.44. The normalized spacial score (nSPS) is 20.3. The molecule has 2 amide bonds. The van der Waals surface area contributed by atoms with E-state index in [4.69, 9.17) is 5.73 Å². The van der Waals surface area contributed by atoms with Crippen LogP contribution in [0.1, 0.15) is 40.0 Å². The highest BCUT2D eigenvalue weighted by Crippen LogP contribution is 2.19. The molecule has 0 aromatic heterocycles. The van der Waals surface area contributed by atoms with E-state index in [1.807, 2.05) is 11.8 Å². The molecular formula is C13H25N3O2. The lowest BCUT2D eigenvalue weighted by atomic mass is 9.93. The molecule has 1 rings (SSSR count). The molecule has 0 bridgehead atoms. The molecule has 5 nitrogen and oxygen atoms in total. The van der Waals surface area contributed by atoms with Crippen molar-refractivity contribution in [3.63, 3.8) is 0 Å². The number of carbonyl (C=O) groups is 2. The zero-order chi connectivity index (χ0) is 13.8. The third-order valence-electron chi connectivity index (χ3n) is 3.76. The van der Waals surface area contributed by atoms with E-state index in [2.05, 4.69) is 5.32 Å². The Morgan fingerprint density at radius 1 is 1.39 bits per heavy atom. The van der Waals surface area contributed by atoms with Crippen LogP contribution >= 0.6 is 0 Å². The summed E-state index contributed by atoms with van der Waals surface area (Å²) in [6, 6.07) is 0. The Kier molecular flexibility index (Phi) is 5.14. The van der Waals surface area contributed by atoms with Gasteiger partial charge in [0.1, 0.15) is 0 Å². The Hall–Kier alpha value is -1.10. The average Bonchev–Trinajstić information content (AvgIpc) is 2.36. The maximum atomic E-state index is 12.2. The third kappa shape index (κ3) is 3.98.